The molecule has 0 aliphatic carbocycles. The van der Waals surface area contributed by atoms with E-state index in [1.54, 1.807) is 0 Å². The van der Waals surface area contributed by atoms with Crippen molar-refractivity contribution in [1.82, 2.24) is 10.4 Å². The van der Waals surface area contributed by atoms with Crippen LogP contribution >= 0.6 is 0 Å². The van der Waals surface area contributed by atoms with Crippen LogP contribution in [0.3, 0.4) is 0 Å². The largest absolute Gasteiger partial charge is 0.301 e. The highest BCUT2D eigenvalue weighted by molar-refractivity contribution is 5.00. The first kappa shape index (κ1) is 6.40. The molecule has 0 saturated carbocycles. The Morgan fingerprint density at radius 3 is 3.45 bits per heavy atom. The average molecular weight is 154 g/mol. The van der Waals surface area contributed by atoms with Crippen LogP contribution in [0.2, 0.25) is 0 Å². The molecule has 3 aliphatic heterocycles. The van der Waals surface area contributed by atoms with Crippen LogP contribution in [0.4, 0.5) is 0 Å². The molecule has 3 saturated heterocycles. The Balaban J connectivity index is 1.84. The minimum Gasteiger partial charge on any atom is -0.301 e. The van der Waals surface area contributed by atoms with Crippen LogP contribution in [-0.2, 0) is 4.84 Å². The minimum atomic E-state index is 0.639. The lowest BCUT2D eigenvalue weighted by Gasteiger charge is -2.17. The van der Waals surface area contributed by atoms with Crippen molar-refractivity contribution in [2.24, 2.45) is 5.92 Å². The third-order valence-corrected chi connectivity index (χ3v) is 3.37. The molecule has 3 rings (SSSR count). The van der Waals surface area contributed by atoms with Gasteiger partial charge in [-0.05, 0) is 19.4 Å². The fourth-order valence-electron chi connectivity index (χ4n) is 2.82. The van der Waals surface area contributed by atoms with E-state index < -0.39 is 0 Å². The predicted molar refractivity (Wildman–Crippen MR) is 41.0 cm³/mol. The maximum atomic E-state index is 5.24. The van der Waals surface area contributed by atoms with Gasteiger partial charge in [-0.2, -0.15) is 5.48 Å². The molecule has 3 atom stereocenters. The first-order valence-corrected chi connectivity index (χ1v) is 4.56. The Morgan fingerprint density at radius 2 is 2.45 bits per heavy atom. The second-order valence-corrected chi connectivity index (χ2v) is 3.90. The van der Waals surface area contributed by atoms with Gasteiger partial charge in [0.15, 0.2) is 0 Å². The lowest BCUT2D eigenvalue weighted by molar-refractivity contribution is 0.0677. The van der Waals surface area contributed by atoms with E-state index in [1.807, 2.05) is 0 Å². The zero-order valence-electron chi connectivity index (χ0n) is 6.62. The SMILES string of the molecule is C1C[C@H]2[C@@H]3CON[C@H]3CN2C1. The molecule has 0 radical (unpaired) electrons. The number of nitrogens with zero attached hydrogens (tertiary/aromatic N) is 1. The van der Waals surface area contributed by atoms with Crippen LogP contribution in [0.5, 0.6) is 0 Å². The summed E-state index contributed by atoms with van der Waals surface area (Å²) in [7, 11) is 0. The summed E-state index contributed by atoms with van der Waals surface area (Å²) in [5.74, 6) is 0.789. The minimum absolute atomic E-state index is 0.639. The number of hydroxylamine groups is 1. The molecule has 11 heavy (non-hydrogen) atoms. The summed E-state index contributed by atoms with van der Waals surface area (Å²) in [6, 6.07) is 1.48. The van der Waals surface area contributed by atoms with Crippen molar-refractivity contribution in [2.45, 2.75) is 24.9 Å². The lowest BCUT2D eigenvalue weighted by Crippen LogP contribution is -2.29. The van der Waals surface area contributed by atoms with E-state index in [1.165, 1.54) is 25.9 Å². The molecule has 0 aromatic rings. The van der Waals surface area contributed by atoms with E-state index >= 15 is 0 Å². The third-order valence-electron chi connectivity index (χ3n) is 3.37. The summed E-state index contributed by atoms with van der Waals surface area (Å²) in [4.78, 5) is 7.86. The summed E-state index contributed by atoms with van der Waals surface area (Å²) in [6.45, 7) is 3.47. The number of hydrogen-bond donors (Lipinski definition) is 1. The molecule has 0 bridgehead atoms. The van der Waals surface area contributed by atoms with Crippen molar-refractivity contribution in [3.8, 4) is 0 Å². The van der Waals surface area contributed by atoms with Gasteiger partial charge < -0.3 is 4.84 Å². The van der Waals surface area contributed by atoms with Gasteiger partial charge >= 0.3 is 0 Å². The van der Waals surface area contributed by atoms with E-state index in [4.69, 9.17) is 4.84 Å². The zero-order chi connectivity index (χ0) is 7.26. The summed E-state index contributed by atoms with van der Waals surface area (Å²) in [6.07, 6.45) is 2.79. The highest BCUT2D eigenvalue weighted by Crippen LogP contribution is 2.35. The van der Waals surface area contributed by atoms with Crippen LogP contribution in [0.1, 0.15) is 12.8 Å². The van der Waals surface area contributed by atoms with Gasteiger partial charge in [-0.3, -0.25) is 4.90 Å². The number of fused-ring (bicyclic) bond motifs is 3. The smallest absolute Gasteiger partial charge is 0.0741 e. The molecule has 3 fully saturated rings. The maximum Gasteiger partial charge on any atom is 0.0741 e. The lowest BCUT2D eigenvalue weighted by atomic mass is 9.97. The number of rotatable bonds is 0. The van der Waals surface area contributed by atoms with Gasteiger partial charge in [0, 0.05) is 18.5 Å². The molecule has 3 aliphatic rings. The molecule has 0 amide bonds. The predicted octanol–water partition coefficient (Wildman–Crippen LogP) is -0.0160. The fraction of sp³-hybridized carbons (Fsp3) is 1.00. The van der Waals surface area contributed by atoms with Crippen molar-refractivity contribution < 1.29 is 4.84 Å². The Bertz CT molecular complexity index is 155. The molecule has 3 nitrogen and oxygen atoms in total. The van der Waals surface area contributed by atoms with Gasteiger partial charge in [-0.1, -0.05) is 0 Å². The summed E-state index contributed by atoms with van der Waals surface area (Å²) < 4.78 is 0. The number of nitrogens with one attached hydrogen (secondary N) is 1. The molecule has 62 valence electrons. The van der Waals surface area contributed by atoms with E-state index in [0.29, 0.717) is 6.04 Å². The Labute approximate surface area is 66.7 Å². The second kappa shape index (κ2) is 2.19. The maximum absolute atomic E-state index is 5.24. The molecule has 0 spiro atoms. The molecular formula is C8H14N2O. The van der Waals surface area contributed by atoms with E-state index in [9.17, 15) is 0 Å². The van der Waals surface area contributed by atoms with Crippen molar-refractivity contribution in [3.63, 3.8) is 0 Å². The molecule has 0 aromatic carbocycles. The first-order chi connectivity index (χ1) is 5.45. The average Bonchev–Trinajstić information content (AvgIpc) is 2.52. The molecule has 0 unspecified atom stereocenters. The van der Waals surface area contributed by atoms with Crippen molar-refractivity contribution in [2.75, 3.05) is 19.7 Å². The first-order valence-electron chi connectivity index (χ1n) is 4.56. The van der Waals surface area contributed by atoms with Gasteiger partial charge in [0.25, 0.3) is 0 Å². The summed E-state index contributed by atoms with van der Waals surface area (Å²) >= 11 is 0. The van der Waals surface area contributed by atoms with Crippen LogP contribution in [-0.4, -0.2) is 36.7 Å². The summed E-state index contributed by atoms with van der Waals surface area (Å²) in [5, 5.41) is 0. The Kier molecular flexibility index (Phi) is 1.27. The standard InChI is InChI=1S/C8H14N2O/c1-2-8-6-5-11-9-7(6)4-10(8)3-1/h6-9H,1-5H2/t6-,7+,8+/m1/s1. The topological polar surface area (TPSA) is 24.5 Å². The second-order valence-electron chi connectivity index (χ2n) is 3.90. The van der Waals surface area contributed by atoms with Crippen molar-refractivity contribution in [3.05, 3.63) is 0 Å². The molecule has 0 aromatic heterocycles. The molecule has 3 heteroatoms. The van der Waals surface area contributed by atoms with Gasteiger partial charge in [-0.15, -0.1) is 0 Å². The normalized spacial score (nSPS) is 49.6. The molecular weight excluding hydrogens is 140 g/mol. The fourth-order valence-corrected chi connectivity index (χ4v) is 2.82. The zero-order valence-corrected chi connectivity index (χ0v) is 6.62. The summed E-state index contributed by atoms with van der Waals surface area (Å²) in [5.41, 5.74) is 3.11. The van der Waals surface area contributed by atoms with Gasteiger partial charge in [-0.25, -0.2) is 0 Å². The highest BCUT2D eigenvalue weighted by Gasteiger charge is 2.46. The quantitative estimate of drug-likeness (QED) is 0.531. The molecule has 1 N–H and O–H groups in total. The van der Waals surface area contributed by atoms with Gasteiger partial charge in [0.2, 0.25) is 0 Å². The van der Waals surface area contributed by atoms with E-state index in [2.05, 4.69) is 10.4 Å². The van der Waals surface area contributed by atoms with Crippen molar-refractivity contribution in [1.29, 1.82) is 0 Å². The van der Waals surface area contributed by atoms with Crippen LogP contribution < -0.4 is 5.48 Å². The third kappa shape index (κ3) is 0.789. The van der Waals surface area contributed by atoms with Crippen LogP contribution in [0.25, 0.3) is 0 Å². The van der Waals surface area contributed by atoms with Gasteiger partial charge in [0.1, 0.15) is 0 Å². The van der Waals surface area contributed by atoms with Crippen molar-refractivity contribution >= 4 is 0 Å². The van der Waals surface area contributed by atoms with E-state index in [0.717, 1.165) is 18.6 Å². The Morgan fingerprint density at radius 1 is 1.45 bits per heavy atom. The highest BCUT2D eigenvalue weighted by atomic mass is 16.7. The van der Waals surface area contributed by atoms with Crippen LogP contribution in [0, 0.1) is 5.92 Å². The number of hydrogen-bond acceptors (Lipinski definition) is 3. The monoisotopic (exact) mass is 154 g/mol. The van der Waals surface area contributed by atoms with Crippen LogP contribution in [0.15, 0.2) is 0 Å². The molecule has 3 heterocycles. The van der Waals surface area contributed by atoms with E-state index in [-0.39, 0.29) is 0 Å². The Hall–Kier alpha value is -0.120. The van der Waals surface area contributed by atoms with Gasteiger partial charge in [0.05, 0.1) is 12.6 Å².